The van der Waals surface area contributed by atoms with Crippen molar-refractivity contribution in [3.05, 3.63) is 26.6 Å². The second-order valence-electron chi connectivity index (χ2n) is 2.74. The summed E-state index contributed by atoms with van der Waals surface area (Å²) in [5.41, 5.74) is 0.596. The number of halogens is 1. The average molecular weight is 315 g/mol. The zero-order valence-corrected chi connectivity index (χ0v) is 10.3. The van der Waals surface area contributed by atoms with Crippen molar-refractivity contribution in [2.45, 2.75) is 0 Å². The lowest BCUT2D eigenvalue weighted by Gasteiger charge is -2.02. The first kappa shape index (κ1) is 9.74. The van der Waals surface area contributed by atoms with Crippen molar-refractivity contribution in [1.29, 1.82) is 5.26 Å². The van der Waals surface area contributed by atoms with Gasteiger partial charge in [-0.1, -0.05) is 0 Å². The molecule has 0 atom stereocenters. The van der Waals surface area contributed by atoms with Gasteiger partial charge in [-0.3, -0.25) is 0 Å². The highest BCUT2D eigenvalue weighted by molar-refractivity contribution is 14.1. The predicted octanol–water partition coefficient (Wildman–Crippen LogP) is 3.39. The van der Waals surface area contributed by atoms with E-state index in [1.807, 2.05) is 12.1 Å². The topological polar surface area (TPSA) is 33.0 Å². The summed E-state index contributed by atoms with van der Waals surface area (Å²) < 4.78 is 7.48. The Hall–Kier alpha value is -0.800. The van der Waals surface area contributed by atoms with Crippen LogP contribution in [0.3, 0.4) is 0 Å². The molecule has 0 saturated heterocycles. The highest BCUT2D eigenvalue weighted by atomic mass is 127. The normalized spacial score (nSPS) is 10.1. The third kappa shape index (κ3) is 1.47. The fraction of sp³-hybridized carbons (Fsp3) is 0.100. The summed E-state index contributed by atoms with van der Waals surface area (Å²) in [5, 5.41) is 12.1. The van der Waals surface area contributed by atoms with Crippen molar-refractivity contribution in [3.8, 4) is 11.8 Å². The molecule has 1 aromatic carbocycles. The van der Waals surface area contributed by atoms with Gasteiger partial charge in [-0.15, -0.1) is 11.3 Å². The molecule has 0 N–H and O–H groups in total. The van der Waals surface area contributed by atoms with Gasteiger partial charge in [0.1, 0.15) is 11.8 Å². The molecule has 0 unspecified atom stereocenters. The molecule has 0 spiro atoms. The van der Waals surface area contributed by atoms with Crippen LogP contribution in [0, 0.1) is 14.9 Å². The number of benzene rings is 1. The lowest BCUT2D eigenvalue weighted by molar-refractivity contribution is 0.414. The molecule has 0 aliphatic rings. The highest BCUT2D eigenvalue weighted by Gasteiger charge is 2.08. The van der Waals surface area contributed by atoms with Crippen LogP contribution in [0.15, 0.2) is 17.5 Å². The summed E-state index contributed by atoms with van der Waals surface area (Å²) in [6.45, 7) is 0. The first-order chi connectivity index (χ1) is 6.76. The van der Waals surface area contributed by atoms with Crippen LogP contribution in [0.25, 0.3) is 10.1 Å². The van der Waals surface area contributed by atoms with Gasteiger partial charge >= 0.3 is 0 Å². The monoisotopic (exact) mass is 315 g/mol. The van der Waals surface area contributed by atoms with Gasteiger partial charge in [0.15, 0.2) is 0 Å². The number of nitriles is 1. The Bertz CT molecular complexity index is 527. The van der Waals surface area contributed by atoms with Crippen LogP contribution in [0.2, 0.25) is 0 Å². The summed E-state index contributed by atoms with van der Waals surface area (Å²) in [5.74, 6) is 0.649. The Balaban J connectivity index is 2.79. The molecular weight excluding hydrogens is 309 g/mol. The molecule has 0 fully saturated rings. The van der Waals surface area contributed by atoms with E-state index >= 15 is 0 Å². The molecule has 0 saturated carbocycles. The van der Waals surface area contributed by atoms with Crippen LogP contribution >= 0.6 is 33.9 Å². The number of thiophene rings is 1. The van der Waals surface area contributed by atoms with Gasteiger partial charge in [-0.2, -0.15) is 5.26 Å². The molecule has 0 aliphatic carbocycles. The minimum absolute atomic E-state index is 0.596. The fourth-order valence-corrected chi connectivity index (χ4v) is 3.13. The van der Waals surface area contributed by atoms with E-state index in [1.54, 1.807) is 18.4 Å². The average Bonchev–Trinajstić information content (AvgIpc) is 2.58. The smallest absolute Gasteiger partial charge is 0.137 e. The molecular formula is C10H6INOS. The molecule has 0 aliphatic heterocycles. The lowest BCUT2D eigenvalue weighted by Crippen LogP contribution is -1.87. The van der Waals surface area contributed by atoms with Gasteiger partial charge in [0, 0.05) is 19.0 Å². The second-order valence-corrected chi connectivity index (χ2v) is 4.82. The number of methoxy groups -OCH3 is 1. The van der Waals surface area contributed by atoms with Crippen molar-refractivity contribution in [2.75, 3.05) is 7.11 Å². The van der Waals surface area contributed by atoms with E-state index in [1.165, 1.54) is 3.57 Å². The van der Waals surface area contributed by atoms with Gasteiger partial charge in [-0.05, 0) is 34.7 Å². The van der Waals surface area contributed by atoms with Crippen molar-refractivity contribution in [3.63, 3.8) is 0 Å². The first-order valence-electron chi connectivity index (χ1n) is 3.91. The number of fused-ring (bicyclic) bond motifs is 1. The zero-order chi connectivity index (χ0) is 10.1. The van der Waals surface area contributed by atoms with E-state index in [0.717, 1.165) is 10.1 Å². The molecule has 0 radical (unpaired) electrons. The SMILES string of the molecule is COc1cc2c(I)csc2cc1C#N. The Morgan fingerprint density at radius 1 is 1.50 bits per heavy atom. The highest BCUT2D eigenvalue weighted by Crippen LogP contribution is 2.32. The maximum atomic E-state index is 8.89. The number of hydrogen-bond acceptors (Lipinski definition) is 3. The van der Waals surface area contributed by atoms with Crippen molar-refractivity contribution < 1.29 is 4.74 Å². The quantitative estimate of drug-likeness (QED) is 0.756. The minimum Gasteiger partial charge on any atom is -0.495 e. The van der Waals surface area contributed by atoms with Gasteiger partial charge in [0.05, 0.1) is 12.7 Å². The number of hydrogen-bond donors (Lipinski definition) is 0. The van der Waals surface area contributed by atoms with Crippen LogP contribution in [0.1, 0.15) is 5.56 Å². The summed E-state index contributed by atoms with van der Waals surface area (Å²) in [7, 11) is 1.58. The summed E-state index contributed by atoms with van der Waals surface area (Å²) in [6.07, 6.45) is 0. The van der Waals surface area contributed by atoms with Crippen LogP contribution in [0.5, 0.6) is 5.75 Å². The van der Waals surface area contributed by atoms with Crippen molar-refractivity contribution in [1.82, 2.24) is 0 Å². The summed E-state index contributed by atoms with van der Waals surface area (Å²) in [6, 6.07) is 5.93. The molecule has 1 aromatic heterocycles. The third-order valence-corrected chi connectivity index (χ3v) is 4.23. The van der Waals surface area contributed by atoms with E-state index in [0.29, 0.717) is 11.3 Å². The summed E-state index contributed by atoms with van der Waals surface area (Å²) >= 11 is 3.93. The number of nitrogens with zero attached hydrogens (tertiary/aromatic N) is 1. The number of ether oxygens (including phenoxy) is 1. The van der Waals surface area contributed by atoms with E-state index in [-0.39, 0.29) is 0 Å². The molecule has 2 aromatic rings. The zero-order valence-electron chi connectivity index (χ0n) is 7.37. The van der Waals surface area contributed by atoms with Gasteiger partial charge in [0.25, 0.3) is 0 Å². The van der Waals surface area contributed by atoms with Crippen LogP contribution in [-0.4, -0.2) is 7.11 Å². The Kier molecular flexibility index (Phi) is 2.61. The molecule has 14 heavy (non-hydrogen) atoms. The molecule has 2 rings (SSSR count). The van der Waals surface area contributed by atoms with Gasteiger partial charge in [0.2, 0.25) is 0 Å². The minimum atomic E-state index is 0.596. The maximum absolute atomic E-state index is 8.89. The Morgan fingerprint density at radius 3 is 2.93 bits per heavy atom. The summed E-state index contributed by atoms with van der Waals surface area (Å²) in [4.78, 5) is 0. The lowest BCUT2D eigenvalue weighted by atomic mass is 10.2. The van der Waals surface area contributed by atoms with Crippen molar-refractivity contribution in [2.24, 2.45) is 0 Å². The van der Waals surface area contributed by atoms with Crippen molar-refractivity contribution >= 4 is 44.0 Å². The van der Waals surface area contributed by atoms with Crippen LogP contribution in [0.4, 0.5) is 0 Å². The molecule has 70 valence electrons. The second kappa shape index (κ2) is 3.75. The van der Waals surface area contributed by atoms with Gasteiger partial charge < -0.3 is 4.74 Å². The van der Waals surface area contributed by atoms with E-state index in [4.69, 9.17) is 10.00 Å². The van der Waals surface area contributed by atoms with E-state index in [2.05, 4.69) is 34.0 Å². The van der Waals surface area contributed by atoms with E-state index in [9.17, 15) is 0 Å². The van der Waals surface area contributed by atoms with Gasteiger partial charge in [-0.25, -0.2) is 0 Å². The molecule has 0 amide bonds. The molecule has 2 nitrogen and oxygen atoms in total. The predicted molar refractivity (Wildman–Crippen MR) is 65.8 cm³/mol. The van der Waals surface area contributed by atoms with E-state index < -0.39 is 0 Å². The number of rotatable bonds is 1. The largest absolute Gasteiger partial charge is 0.495 e. The Morgan fingerprint density at radius 2 is 2.29 bits per heavy atom. The standard InChI is InChI=1S/C10H6INOS/c1-13-9-3-7-8(11)5-14-10(7)2-6(9)4-12/h2-3,5H,1H3. The van der Waals surface area contributed by atoms with Crippen LogP contribution in [-0.2, 0) is 0 Å². The first-order valence-corrected chi connectivity index (χ1v) is 5.87. The molecule has 4 heteroatoms. The fourth-order valence-electron chi connectivity index (χ4n) is 1.28. The Labute approximate surface area is 99.3 Å². The molecule has 0 bridgehead atoms. The molecule has 1 heterocycles. The van der Waals surface area contributed by atoms with Crippen LogP contribution < -0.4 is 4.74 Å². The maximum Gasteiger partial charge on any atom is 0.137 e. The third-order valence-electron chi connectivity index (χ3n) is 1.97.